The summed E-state index contributed by atoms with van der Waals surface area (Å²) in [5.74, 6) is -0.102. The highest BCUT2D eigenvalue weighted by Gasteiger charge is 2.99. The number of carbonyl (C=O) groups is 2. The first-order valence-corrected chi connectivity index (χ1v) is 12.6. The molecule has 2 aromatic carbocycles. The van der Waals surface area contributed by atoms with Gasteiger partial charge in [0.2, 0.25) is 17.3 Å². The van der Waals surface area contributed by atoms with Gasteiger partial charge in [0.1, 0.15) is 16.6 Å². The third kappa shape index (κ3) is 1.74. The largest absolute Gasteiger partial charge is 0.618 e. The molecule has 176 valence electrons. The van der Waals surface area contributed by atoms with E-state index < -0.39 is 22.0 Å². The third-order valence-corrected chi connectivity index (χ3v) is 10.0. The predicted molar refractivity (Wildman–Crippen MR) is 132 cm³/mol. The number of aryl methyl sites for hydroxylation is 2. The summed E-state index contributed by atoms with van der Waals surface area (Å²) in [6, 6.07) is 12.3. The molecule has 5 aliphatic heterocycles. The van der Waals surface area contributed by atoms with Crippen molar-refractivity contribution in [1.29, 1.82) is 0 Å². The first-order chi connectivity index (χ1) is 16.6. The summed E-state index contributed by atoms with van der Waals surface area (Å²) in [6.07, 6.45) is 3.56. The molecule has 4 atom stereocenters. The molecule has 6 nitrogen and oxygen atoms in total. The minimum atomic E-state index is -0.921. The van der Waals surface area contributed by atoms with E-state index in [0.29, 0.717) is 17.9 Å². The van der Waals surface area contributed by atoms with Gasteiger partial charge in [0.25, 0.3) is 0 Å². The molecule has 3 spiro atoms. The van der Waals surface area contributed by atoms with Crippen LogP contribution in [0.4, 0.5) is 5.69 Å². The Morgan fingerprint density at radius 3 is 2.60 bits per heavy atom. The highest BCUT2D eigenvalue weighted by molar-refractivity contribution is 6.33. The molecule has 0 radical (unpaired) electrons. The molecule has 0 aromatic heterocycles. The van der Waals surface area contributed by atoms with Gasteiger partial charge >= 0.3 is 0 Å². The van der Waals surface area contributed by atoms with Crippen molar-refractivity contribution in [3.05, 3.63) is 64.4 Å². The number of hydrogen-bond acceptors (Lipinski definition) is 4. The molecule has 6 heteroatoms. The second-order valence-electron chi connectivity index (χ2n) is 11.9. The van der Waals surface area contributed by atoms with Crippen LogP contribution in [-0.2, 0) is 9.59 Å². The number of nitrogens with zero attached hydrogens (tertiary/aromatic N) is 2. The Kier molecular flexibility index (Phi) is 3.11. The fourth-order valence-corrected chi connectivity index (χ4v) is 8.96. The van der Waals surface area contributed by atoms with Crippen molar-refractivity contribution in [1.82, 2.24) is 10.2 Å². The van der Waals surface area contributed by atoms with Gasteiger partial charge in [-0.25, -0.2) is 0 Å². The average molecular weight is 466 g/mol. The average Bonchev–Trinajstić information content (AvgIpc) is 3.08. The summed E-state index contributed by atoms with van der Waals surface area (Å²) in [7, 11) is 0. The van der Waals surface area contributed by atoms with Crippen molar-refractivity contribution in [3.8, 4) is 11.1 Å². The van der Waals surface area contributed by atoms with Crippen LogP contribution in [0, 0.1) is 30.4 Å². The zero-order chi connectivity index (χ0) is 24.3. The number of hydrogen-bond donors (Lipinski definition) is 1. The zero-order valence-electron chi connectivity index (χ0n) is 20.4. The molecule has 1 amide bonds. The third-order valence-electron chi connectivity index (χ3n) is 10.0. The van der Waals surface area contributed by atoms with Gasteiger partial charge in [0.15, 0.2) is 5.78 Å². The smallest absolute Gasteiger partial charge is 0.248 e. The van der Waals surface area contributed by atoms with Gasteiger partial charge in [-0.2, -0.15) is 4.74 Å². The lowest BCUT2D eigenvalue weighted by Gasteiger charge is -2.66. The van der Waals surface area contributed by atoms with Crippen molar-refractivity contribution < 1.29 is 14.3 Å². The summed E-state index contributed by atoms with van der Waals surface area (Å²) in [5.41, 5.74) is 4.52. The van der Waals surface area contributed by atoms with E-state index in [-0.39, 0.29) is 17.6 Å². The van der Waals surface area contributed by atoms with E-state index in [4.69, 9.17) is 0 Å². The van der Waals surface area contributed by atoms with Crippen LogP contribution in [0.3, 0.4) is 0 Å². The molecule has 2 aliphatic carbocycles. The number of fused-ring (bicyclic) bond motifs is 3. The Hall–Kier alpha value is -3.25. The van der Waals surface area contributed by atoms with Crippen molar-refractivity contribution in [3.63, 3.8) is 0 Å². The number of ketones is 1. The molecule has 3 unspecified atom stereocenters. The minimum absolute atomic E-state index is 0.00500. The molecule has 1 saturated carbocycles. The molecule has 5 fully saturated rings. The fraction of sp³-hybridized carbons (Fsp3) is 0.414. The van der Waals surface area contributed by atoms with Crippen LogP contribution >= 0.6 is 0 Å². The predicted octanol–water partition coefficient (Wildman–Crippen LogP) is 3.64. The number of amides is 1. The number of rotatable bonds is 1. The standard InChI is InChI=1S/C29H27N3O3/c1-15-7-5-8-16(2)21(15)17-9-10-18-19-14-27-23(26(3,4)22(19)32(35)20(18)13-17)29(30-27)24(33)28(29)11-6-12-31(28)25(27)34/h5,7-10,13-14,23,30H,6,11-12H2,1-4H3/t23?,27-,28?,29?/m0/s1. The Labute approximate surface area is 203 Å². The van der Waals surface area contributed by atoms with Crippen LogP contribution in [0.1, 0.15) is 43.4 Å². The van der Waals surface area contributed by atoms with Crippen molar-refractivity contribution >= 4 is 28.7 Å². The van der Waals surface area contributed by atoms with Crippen LogP contribution in [0.15, 0.2) is 42.5 Å². The molecular formula is C29H27N3O3. The summed E-state index contributed by atoms with van der Waals surface area (Å²) in [4.78, 5) is 29.2. The van der Waals surface area contributed by atoms with Gasteiger partial charge in [-0.15, -0.1) is 0 Å². The lowest BCUT2D eigenvalue weighted by atomic mass is 9.48. The van der Waals surface area contributed by atoms with Gasteiger partial charge < -0.3 is 10.1 Å². The maximum Gasteiger partial charge on any atom is 0.248 e. The Morgan fingerprint density at radius 2 is 1.86 bits per heavy atom. The highest BCUT2D eigenvalue weighted by atomic mass is 16.5. The molecule has 4 saturated heterocycles. The Morgan fingerprint density at radius 1 is 1.11 bits per heavy atom. The van der Waals surface area contributed by atoms with E-state index in [9.17, 15) is 14.8 Å². The van der Waals surface area contributed by atoms with E-state index in [1.54, 1.807) is 0 Å². The fourth-order valence-electron chi connectivity index (χ4n) is 8.96. The number of piperidine rings is 1. The number of allylic oxidation sites excluding steroid dienone is 1. The monoisotopic (exact) mass is 465 g/mol. The second-order valence-corrected chi connectivity index (χ2v) is 11.9. The number of carbonyl (C=O) groups excluding carboxylic acids is 2. The van der Waals surface area contributed by atoms with Gasteiger partial charge in [-0.05, 0) is 74.9 Å². The first kappa shape index (κ1) is 20.0. The van der Waals surface area contributed by atoms with Gasteiger partial charge in [-0.1, -0.05) is 24.3 Å². The first-order valence-electron chi connectivity index (χ1n) is 12.6. The van der Waals surface area contributed by atoms with E-state index in [1.165, 1.54) is 11.1 Å². The van der Waals surface area contributed by atoms with Gasteiger partial charge in [-0.3, -0.25) is 14.9 Å². The number of Topliss-reactive ketones (excluding diaryl/α,β-unsaturated/α-hetero) is 1. The molecule has 9 rings (SSSR count). The van der Waals surface area contributed by atoms with Crippen molar-refractivity contribution in [2.75, 3.05) is 6.54 Å². The molecular weight excluding hydrogens is 438 g/mol. The Balaban J connectivity index is 1.35. The quantitative estimate of drug-likeness (QED) is 0.515. The molecule has 35 heavy (non-hydrogen) atoms. The number of nitrogens with one attached hydrogen (secondary N) is 1. The van der Waals surface area contributed by atoms with Crippen molar-refractivity contribution in [2.45, 2.75) is 57.2 Å². The SMILES string of the molecule is Cc1cccc(C)c1-c1ccc2c(c1)[N+]([O-])=C1C2=C[C@@]23NC4(C(=O)C45CCCN5C2=O)C3C1(C)C. The van der Waals surface area contributed by atoms with Crippen LogP contribution in [0.5, 0.6) is 0 Å². The zero-order valence-corrected chi connectivity index (χ0v) is 20.4. The molecule has 1 N–H and O–H groups in total. The summed E-state index contributed by atoms with van der Waals surface area (Å²) in [5, 5.41) is 17.5. The molecule has 2 bridgehead atoms. The molecule has 2 aromatic rings. The maximum absolute atomic E-state index is 13.9. The van der Waals surface area contributed by atoms with Gasteiger partial charge in [0.05, 0.1) is 16.6 Å². The van der Waals surface area contributed by atoms with Crippen LogP contribution < -0.4 is 5.32 Å². The second kappa shape index (κ2) is 5.44. The van der Waals surface area contributed by atoms with Crippen LogP contribution in [0.2, 0.25) is 0 Å². The Bertz CT molecular complexity index is 1510. The normalized spacial score (nSPS) is 36.6. The van der Waals surface area contributed by atoms with E-state index >= 15 is 0 Å². The lowest BCUT2D eigenvalue weighted by Crippen LogP contribution is -2.89. The van der Waals surface area contributed by atoms with E-state index in [1.807, 2.05) is 29.2 Å². The summed E-state index contributed by atoms with van der Waals surface area (Å²) in [6.45, 7) is 8.93. The number of piperazine rings is 1. The van der Waals surface area contributed by atoms with Crippen LogP contribution in [-0.4, -0.2) is 50.2 Å². The van der Waals surface area contributed by atoms with Crippen LogP contribution in [0.25, 0.3) is 16.7 Å². The maximum atomic E-state index is 13.9. The summed E-state index contributed by atoms with van der Waals surface area (Å²) >= 11 is 0. The van der Waals surface area contributed by atoms with E-state index in [0.717, 1.165) is 39.8 Å². The minimum Gasteiger partial charge on any atom is -0.618 e. The number of benzene rings is 2. The molecule has 7 aliphatic rings. The lowest BCUT2D eigenvalue weighted by molar-refractivity contribution is -0.363. The highest BCUT2D eigenvalue weighted by Crippen LogP contribution is 2.75. The summed E-state index contributed by atoms with van der Waals surface area (Å²) < 4.78 is 1.08. The van der Waals surface area contributed by atoms with Crippen molar-refractivity contribution in [2.24, 2.45) is 11.3 Å². The van der Waals surface area contributed by atoms with Gasteiger partial charge in [0, 0.05) is 18.5 Å². The molecule has 5 heterocycles. The topological polar surface area (TPSA) is 75.5 Å². The van der Waals surface area contributed by atoms with E-state index in [2.05, 4.69) is 51.2 Å².